The van der Waals surface area contributed by atoms with E-state index in [1.807, 2.05) is 0 Å². The molecule has 35 heavy (non-hydrogen) atoms. The molecule has 0 fully saturated rings. The first kappa shape index (κ1) is 26.2. The number of benzene rings is 2. The molecule has 184 valence electrons. The Hall–Kier alpha value is -3.40. The molecule has 3 rings (SSSR count). The molecule has 1 heterocycles. The Balaban J connectivity index is 1.99. The summed E-state index contributed by atoms with van der Waals surface area (Å²) in [6.45, 7) is 3.67. The van der Waals surface area contributed by atoms with Crippen molar-refractivity contribution in [2.24, 2.45) is 0 Å². The zero-order chi connectivity index (χ0) is 25.6. The number of carbonyl (C=O) groups is 1. The lowest BCUT2D eigenvalue weighted by molar-refractivity contribution is -0.137. The Kier molecular flexibility index (Phi) is 8.50. The number of carbonyl (C=O) groups excluding carboxylic acids is 1. The van der Waals surface area contributed by atoms with E-state index >= 15 is 0 Å². The van der Waals surface area contributed by atoms with Crippen molar-refractivity contribution in [3.63, 3.8) is 0 Å². The summed E-state index contributed by atoms with van der Waals surface area (Å²) >= 11 is 3.21. The maximum absolute atomic E-state index is 13.9. The number of pyridine rings is 1. The summed E-state index contributed by atoms with van der Waals surface area (Å²) in [4.78, 5) is 17.2. The molecule has 10 heteroatoms. The molecule has 1 amide bonds. The van der Waals surface area contributed by atoms with Gasteiger partial charge in [0.1, 0.15) is 10.4 Å². The number of nitrogens with zero attached hydrogens (tertiary/aromatic N) is 1. The molecule has 2 N–H and O–H groups in total. The summed E-state index contributed by atoms with van der Waals surface area (Å²) in [7, 11) is 1.43. The number of anilines is 3. The normalized spacial score (nSPS) is 11.1. The second-order valence-corrected chi connectivity index (χ2v) is 8.26. The minimum Gasteiger partial charge on any atom is -0.481 e. The van der Waals surface area contributed by atoms with Crippen LogP contribution in [-0.2, 0) is 12.6 Å². The summed E-state index contributed by atoms with van der Waals surface area (Å²) in [6.07, 6.45) is -0.966. The lowest BCUT2D eigenvalue weighted by Gasteiger charge is -2.17. The molecule has 0 radical (unpaired) electrons. The van der Waals surface area contributed by atoms with Gasteiger partial charge in [0.05, 0.1) is 29.6 Å². The van der Waals surface area contributed by atoms with Crippen LogP contribution in [0.15, 0.2) is 65.8 Å². The predicted molar refractivity (Wildman–Crippen MR) is 131 cm³/mol. The molecule has 0 aliphatic carbocycles. The van der Waals surface area contributed by atoms with E-state index in [2.05, 4.69) is 38.1 Å². The monoisotopic (exact) mass is 551 g/mol. The Morgan fingerprint density at radius 2 is 1.83 bits per heavy atom. The number of allylic oxidation sites excluding steroid dienone is 1. The van der Waals surface area contributed by atoms with E-state index in [4.69, 9.17) is 4.74 Å². The van der Waals surface area contributed by atoms with Gasteiger partial charge in [0.2, 0.25) is 5.88 Å². The quantitative estimate of drug-likeness (QED) is 0.125. The van der Waals surface area contributed by atoms with Crippen LogP contribution in [0, 0.1) is 5.82 Å². The standard InChI is InChI=1S/C25H22BrF4N3O2/c1-3-4-5-6-15-13-17(27)8-10-19(15)31-20-9-7-16(25(28,29)30)14-18(20)24(34)32-21-11-12-22(35-2)33-23(21)26/h3,7-14,31H,1,4-6H2,2H3,(H,32,34). The Labute approximate surface area is 208 Å². The number of aromatic nitrogens is 1. The number of halogens is 5. The molecular weight excluding hydrogens is 530 g/mol. The third-order valence-corrected chi connectivity index (χ3v) is 5.67. The number of ether oxygens (including phenoxy) is 1. The van der Waals surface area contributed by atoms with Crippen LogP contribution in [0.2, 0.25) is 0 Å². The van der Waals surface area contributed by atoms with Crippen LogP contribution in [0.4, 0.5) is 34.6 Å². The molecule has 1 aromatic heterocycles. The van der Waals surface area contributed by atoms with Crippen molar-refractivity contribution in [2.75, 3.05) is 17.7 Å². The van der Waals surface area contributed by atoms with Crippen LogP contribution in [-0.4, -0.2) is 18.0 Å². The number of hydrogen-bond acceptors (Lipinski definition) is 4. The van der Waals surface area contributed by atoms with Gasteiger partial charge in [-0.3, -0.25) is 4.79 Å². The van der Waals surface area contributed by atoms with E-state index in [0.717, 1.165) is 12.1 Å². The van der Waals surface area contributed by atoms with Gasteiger partial charge in [-0.2, -0.15) is 13.2 Å². The highest BCUT2D eigenvalue weighted by molar-refractivity contribution is 9.10. The molecule has 5 nitrogen and oxygen atoms in total. The maximum atomic E-state index is 13.9. The van der Waals surface area contributed by atoms with Gasteiger partial charge in [-0.1, -0.05) is 6.08 Å². The van der Waals surface area contributed by atoms with E-state index in [1.54, 1.807) is 6.08 Å². The summed E-state index contributed by atoms with van der Waals surface area (Å²) < 4.78 is 59.4. The van der Waals surface area contributed by atoms with Crippen molar-refractivity contribution in [1.29, 1.82) is 0 Å². The smallest absolute Gasteiger partial charge is 0.416 e. The summed E-state index contributed by atoms with van der Waals surface area (Å²) in [6, 6.07) is 9.91. The summed E-state index contributed by atoms with van der Waals surface area (Å²) in [5.41, 5.74) is 0.252. The molecule has 0 spiro atoms. The molecule has 3 aromatic rings. The van der Waals surface area contributed by atoms with Gasteiger partial charge in [0.15, 0.2) is 0 Å². The topological polar surface area (TPSA) is 63.2 Å². The zero-order valence-electron chi connectivity index (χ0n) is 18.7. The molecule has 0 saturated heterocycles. The molecule has 0 aliphatic rings. The third-order valence-electron chi connectivity index (χ3n) is 5.06. The number of methoxy groups -OCH3 is 1. The zero-order valence-corrected chi connectivity index (χ0v) is 20.3. The number of nitrogens with one attached hydrogen (secondary N) is 2. The van der Waals surface area contributed by atoms with E-state index in [-0.39, 0.29) is 27.4 Å². The van der Waals surface area contributed by atoms with E-state index in [0.29, 0.717) is 30.5 Å². The first-order chi connectivity index (χ1) is 16.6. The average Bonchev–Trinajstić information content (AvgIpc) is 2.81. The number of unbranched alkanes of at least 4 members (excludes halogenated alkanes) is 1. The Bertz CT molecular complexity index is 1230. The second-order valence-electron chi connectivity index (χ2n) is 7.51. The van der Waals surface area contributed by atoms with Gasteiger partial charge in [-0.25, -0.2) is 9.37 Å². The number of alkyl halides is 3. The fourth-order valence-electron chi connectivity index (χ4n) is 3.30. The number of amides is 1. The molecule has 0 atom stereocenters. The highest BCUT2D eigenvalue weighted by atomic mass is 79.9. The van der Waals surface area contributed by atoms with Crippen LogP contribution in [0.5, 0.6) is 5.88 Å². The lowest BCUT2D eigenvalue weighted by atomic mass is 10.0. The van der Waals surface area contributed by atoms with Crippen LogP contribution in [0.1, 0.15) is 34.3 Å². The van der Waals surface area contributed by atoms with Gasteiger partial charge in [0, 0.05) is 11.8 Å². The highest BCUT2D eigenvalue weighted by Gasteiger charge is 2.32. The molecule has 0 aliphatic heterocycles. The van der Waals surface area contributed by atoms with E-state index in [9.17, 15) is 22.4 Å². The first-order valence-electron chi connectivity index (χ1n) is 10.5. The molecule has 0 unspecified atom stereocenters. The van der Waals surface area contributed by atoms with E-state index < -0.39 is 23.5 Å². The fourth-order valence-corrected chi connectivity index (χ4v) is 3.71. The molecule has 0 bridgehead atoms. The Morgan fingerprint density at radius 3 is 2.49 bits per heavy atom. The van der Waals surface area contributed by atoms with Crippen molar-refractivity contribution in [3.8, 4) is 5.88 Å². The Morgan fingerprint density at radius 1 is 1.11 bits per heavy atom. The van der Waals surface area contributed by atoms with Crippen molar-refractivity contribution < 1.29 is 27.1 Å². The minimum atomic E-state index is -4.65. The minimum absolute atomic E-state index is 0.129. The van der Waals surface area contributed by atoms with Crippen molar-refractivity contribution >= 4 is 38.9 Å². The van der Waals surface area contributed by atoms with Gasteiger partial charge in [0.25, 0.3) is 5.91 Å². The number of hydrogen-bond donors (Lipinski definition) is 2. The van der Waals surface area contributed by atoms with Crippen LogP contribution >= 0.6 is 15.9 Å². The third kappa shape index (κ3) is 6.82. The largest absolute Gasteiger partial charge is 0.481 e. The van der Waals surface area contributed by atoms with Gasteiger partial charge in [-0.05, 0) is 83.2 Å². The summed E-state index contributed by atoms with van der Waals surface area (Å²) in [5, 5.41) is 5.57. The average molecular weight is 552 g/mol. The van der Waals surface area contributed by atoms with Crippen molar-refractivity contribution in [1.82, 2.24) is 4.98 Å². The number of rotatable bonds is 9. The number of aryl methyl sites for hydroxylation is 1. The second kappa shape index (κ2) is 11.4. The summed E-state index contributed by atoms with van der Waals surface area (Å²) in [5.74, 6) is -0.940. The predicted octanol–water partition coefficient (Wildman–Crippen LogP) is 7.52. The van der Waals surface area contributed by atoms with Crippen LogP contribution in [0.3, 0.4) is 0 Å². The fraction of sp³-hybridized carbons (Fsp3) is 0.200. The lowest BCUT2D eigenvalue weighted by Crippen LogP contribution is -2.17. The maximum Gasteiger partial charge on any atom is 0.416 e. The first-order valence-corrected chi connectivity index (χ1v) is 11.3. The molecule has 0 saturated carbocycles. The van der Waals surface area contributed by atoms with Gasteiger partial charge in [-0.15, -0.1) is 6.58 Å². The van der Waals surface area contributed by atoms with Gasteiger partial charge >= 0.3 is 6.18 Å². The molecular formula is C25H22BrF4N3O2. The van der Waals surface area contributed by atoms with Gasteiger partial charge < -0.3 is 15.4 Å². The van der Waals surface area contributed by atoms with Crippen molar-refractivity contribution in [2.45, 2.75) is 25.4 Å². The van der Waals surface area contributed by atoms with Crippen LogP contribution in [0.25, 0.3) is 0 Å². The molecule has 2 aromatic carbocycles. The van der Waals surface area contributed by atoms with Crippen molar-refractivity contribution in [3.05, 3.63) is 88.3 Å². The van der Waals surface area contributed by atoms with Crippen LogP contribution < -0.4 is 15.4 Å². The SMILES string of the molecule is C=CCCCc1cc(F)ccc1Nc1ccc(C(F)(F)F)cc1C(=O)Nc1ccc(OC)nc1Br. The van der Waals surface area contributed by atoms with E-state index in [1.165, 1.54) is 43.5 Å². The highest BCUT2D eigenvalue weighted by Crippen LogP contribution is 2.34.